The van der Waals surface area contributed by atoms with Crippen LogP contribution in [0.2, 0.25) is 0 Å². The quantitative estimate of drug-likeness (QED) is 0.765. The third kappa shape index (κ3) is 2.40. The van der Waals surface area contributed by atoms with Crippen LogP contribution in [0.4, 0.5) is 0 Å². The summed E-state index contributed by atoms with van der Waals surface area (Å²) in [5.41, 5.74) is 6.06. The molecule has 2 saturated heterocycles. The average molecular weight is 228 g/mol. The molecule has 0 radical (unpaired) electrons. The van der Waals surface area contributed by atoms with Gasteiger partial charge in [0.1, 0.15) is 0 Å². The van der Waals surface area contributed by atoms with E-state index >= 15 is 0 Å². The van der Waals surface area contributed by atoms with E-state index in [1.807, 2.05) is 0 Å². The van der Waals surface area contributed by atoms with Crippen molar-refractivity contribution in [2.24, 2.45) is 5.73 Å². The van der Waals surface area contributed by atoms with Crippen molar-refractivity contribution in [1.82, 2.24) is 4.90 Å². The minimum absolute atomic E-state index is 0.122. The predicted molar refractivity (Wildman–Crippen MR) is 63.4 cm³/mol. The van der Waals surface area contributed by atoms with Gasteiger partial charge in [0.25, 0.3) is 0 Å². The number of hydrogen-bond acceptors (Lipinski definition) is 4. The van der Waals surface area contributed by atoms with Crippen molar-refractivity contribution in [3.05, 3.63) is 0 Å². The molecule has 0 aliphatic carbocycles. The van der Waals surface area contributed by atoms with Crippen LogP contribution in [-0.2, 0) is 9.47 Å². The second kappa shape index (κ2) is 5.45. The summed E-state index contributed by atoms with van der Waals surface area (Å²) in [5.74, 6) is 0. The smallest absolute Gasteiger partial charge is 0.0663 e. The molecule has 4 heteroatoms. The lowest BCUT2D eigenvalue weighted by molar-refractivity contribution is -0.0204. The Morgan fingerprint density at radius 2 is 2.19 bits per heavy atom. The Bertz CT molecular complexity index is 209. The van der Waals surface area contributed by atoms with Crippen LogP contribution in [0.5, 0.6) is 0 Å². The third-order valence-corrected chi connectivity index (χ3v) is 3.98. The SMILES string of the molecule is CCOC1CCN(C2(CN)CCOC2)CC1. The fourth-order valence-corrected chi connectivity index (χ4v) is 2.87. The molecule has 2 fully saturated rings. The Labute approximate surface area is 98.1 Å². The lowest BCUT2D eigenvalue weighted by Gasteiger charge is -2.43. The molecule has 0 bridgehead atoms. The molecule has 2 N–H and O–H groups in total. The van der Waals surface area contributed by atoms with Gasteiger partial charge in [0.15, 0.2) is 0 Å². The maximum Gasteiger partial charge on any atom is 0.0663 e. The summed E-state index contributed by atoms with van der Waals surface area (Å²) in [6.07, 6.45) is 3.81. The highest BCUT2D eigenvalue weighted by molar-refractivity contribution is 4.96. The van der Waals surface area contributed by atoms with Crippen LogP contribution >= 0.6 is 0 Å². The molecule has 0 amide bonds. The van der Waals surface area contributed by atoms with Crippen molar-refractivity contribution in [2.45, 2.75) is 37.8 Å². The highest BCUT2D eigenvalue weighted by Crippen LogP contribution is 2.28. The summed E-state index contributed by atoms with van der Waals surface area (Å²) in [6.45, 7) is 7.49. The van der Waals surface area contributed by atoms with E-state index in [0.29, 0.717) is 12.6 Å². The maximum absolute atomic E-state index is 5.94. The van der Waals surface area contributed by atoms with Gasteiger partial charge in [-0.3, -0.25) is 4.90 Å². The first kappa shape index (κ1) is 12.3. The zero-order chi connectivity index (χ0) is 11.4. The van der Waals surface area contributed by atoms with E-state index in [2.05, 4.69) is 11.8 Å². The van der Waals surface area contributed by atoms with Gasteiger partial charge in [-0.15, -0.1) is 0 Å². The van der Waals surface area contributed by atoms with Crippen molar-refractivity contribution in [3.8, 4) is 0 Å². The van der Waals surface area contributed by atoms with E-state index < -0.39 is 0 Å². The van der Waals surface area contributed by atoms with Crippen molar-refractivity contribution < 1.29 is 9.47 Å². The van der Waals surface area contributed by atoms with Gasteiger partial charge in [-0.1, -0.05) is 0 Å². The number of nitrogens with two attached hydrogens (primary N) is 1. The number of piperidine rings is 1. The molecular formula is C12H24N2O2. The predicted octanol–water partition coefficient (Wildman–Crippen LogP) is 0.605. The first-order valence-corrected chi connectivity index (χ1v) is 6.45. The van der Waals surface area contributed by atoms with Crippen molar-refractivity contribution in [3.63, 3.8) is 0 Å². The topological polar surface area (TPSA) is 47.7 Å². The molecule has 0 aromatic carbocycles. The van der Waals surface area contributed by atoms with Crippen LogP contribution < -0.4 is 5.73 Å². The van der Waals surface area contributed by atoms with Gasteiger partial charge < -0.3 is 15.2 Å². The summed E-state index contributed by atoms with van der Waals surface area (Å²) in [6, 6.07) is 0. The molecule has 0 saturated carbocycles. The molecule has 16 heavy (non-hydrogen) atoms. The Balaban J connectivity index is 1.87. The van der Waals surface area contributed by atoms with Crippen LogP contribution in [0.25, 0.3) is 0 Å². The molecular weight excluding hydrogens is 204 g/mol. The lowest BCUT2D eigenvalue weighted by atomic mass is 9.93. The minimum Gasteiger partial charge on any atom is -0.379 e. The second-order valence-corrected chi connectivity index (χ2v) is 4.87. The van der Waals surface area contributed by atoms with Gasteiger partial charge >= 0.3 is 0 Å². The molecule has 2 heterocycles. The lowest BCUT2D eigenvalue weighted by Crippen LogP contribution is -2.57. The van der Waals surface area contributed by atoms with Crippen molar-refractivity contribution >= 4 is 0 Å². The number of nitrogens with zero attached hydrogens (tertiary/aromatic N) is 1. The Kier molecular flexibility index (Phi) is 4.19. The van der Waals surface area contributed by atoms with Crippen LogP contribution in [-0.4, -0.2) is 56.0 Å². The van der Waals surface area contributed by atoms with Crippen LogP contribution in [0, 0.1) is 0 Å². The van der Waals surface area contributed by atoms with Gasteiger partial charge in [-0.25, -0.2) is 0 Å². The number of hydrogen-bond donors (Lipinski definition) is 1. The number of likely N-dealkylation sites (tertiary alicyclic amines) is 1. The fraction of sp³-hybridized carbons (Fsp3) is 1.00. The van der Waals surface area contributed by atoms with Gasteiger partial charge in [0.05, 0.1) is 18.2 Å². The second-order valence-electron chi connectivity index (χ2n) is 4.87. The monoisotopic (exact) mass is 228 g/mol. The Morgan fingerprint density at radius 3 is 2.69 bits per heavy atom. The molecule has 0 aromatic rings. The zero-order valence-electron chi connectivity index (χ0n) is 10.3. The van der Waals surface area contributed by atoms with E-state index in [-0.39, 0.29) is 5.54 Å². The summed E-state index contributed by atoms with van der Waals surface area (Å²) >= 11 is 0. The maximum atomic E-state index is 5.94. The molecule has 2 aliphatic heterocycles. The highest BCUT2D eigenvalue weighted by atomic mass is 16.5. The molecule has 4 nitrogen and oxygen atoms in total. The molecule has 2 aliphatic rings. The van der Waals surface area contributed by atoms with Gasteiger partial charge in [-0.2, -0.15) is 0 Å². The van der Waals surface area contributed by atoms with Gasteiger partial charge in [0, 0.05) is 32.8 Å². The molecule has 0 aromatic heterocycles. The Hall–Kier alpha value is -0.160. The first-order valence-electron chi connectivity index (χ1n) is 6.45. The third-order valence-electron chi connectivity index (χ3n) is 3.98. The largest absolute Gasteiger partial charge is 0.379 e. The summed E-state index contributed by atoms with van der Waals surface area (Å²) < 4.78 is 11.2. The standard InChI is InChI=1S/C12H24N2O2/c1-2-16-11-3-6-14(7-4-11)12(9-13)5-8-15-10-12/h11H,2-10,13H2,1H3. The number of ether oxygens (including phenoxy) is 2. The van der Waals surface area contributed by atoms with Crippen LogP contribution in [0.1, 0.15) is 26.2 Å². The molecule has 1 atom stereocenters. The number of rotatable bonds is 4. The van der Waals surface area contributed by atoms with E-state index in [9.17, 15) is 0 Å². The van der Waals surface area contributed by atoms with E-state index in [1.165, 1.54) is 0 Å². The molecule has 2 rings (SSSR count). The van der Waals surface area contributed by atoms with E-state index in [1.54, 1.807) is 0 Å². The fourth-order valence-electron chi connectivity index (χ4n) is 2.87. The van der Waals surface area contributed by atoms with Crippen molar-refractivity contribution in [1.29, 1.82) is 0 Å². The van der Waals surface area contributed by atoms with Crippen LogP contribution in [0.3, 0.4) is 0 Å². The first-order chi connectivity index (χ1) is 7.80. The van der Waals surface area contributed by atoms with Gasteiger partial charge in [-0.05, 0) is 26.2 Å². The van der Waals surface area contributed by atoms with Gasteiger partial charge in [0.2, 0.25) is 0 Å². The summed E-state index contributed by atoms with van der Waals surface area (Å²) in [5, 5.41) is 0. The summed E-state index contributed by atoms with van der Waals surface area (Å²) in [7, 11) is 0. The highest BCUT2D eigenvalue weighted by Gasteiger charge is 2.40. The molecule has 1 unspecified atom stereocenters. The van der Waals surface area contributed by atoms with E-state index in [4.69, 9.17) is 15.2 Å². The zero-order valence-corrected chi connectivity index (χ0v) is 10.3. The molecule has 0 spiro atoms. The Morgan fingerprint density at radius 1 is 1.44 bits per heavy atom. The molecule has 94 valence electrons. The van der Waals surface area contributed by atoms with Crippen molar-refractivity contribution in [2.75, 3.05) is 39.5 Å². The van der Waals surface area contributed by atoms with Crippen LogP contribution in [0.15, 0.2) is 0 Å². The average Bonchev–Trinajstić information content (AvgIpc) is 2.80. The van der Waals surface area contributed by atoms with E-state index in [0.717, 1.165) is 52.2 Å². The normalized spacial score (nSPS) is 33.4. The summed E-state index contributed by atoms with van der Waals surface area (Å²) in [4.78, 5) is 2.52. The minimum atomic E-state index is 0.122.